The van der Waals surface area contributed by atoms with E-state index in [2.05, 4.69) is 59.3 Å². The summed E-state index contributed by atoms with van der Waals surface area (Å²) in [5.74, 6) is 0.0301. The fraction of sp³-hybridized carbons (Fsp3) is 0.261. The molecule has 27 heavy (non-hydrogen) atoms. The van der Waals surface area contributed by atoms with Gasteiger partial charge in [0.1, 0.15) is 6.04 Å². The van der Waals surface area contributed by atoms with E-state index >= 15 is 0 Å². The first-order valence-electron chi connectivity index (χ1n) is 9.27. The third-order valence-electron chi connectivity index (χ3n) is 4.83. The number of anilines is 1. The molecule has 1 aromatic heterocycles. The number of thiophene rings is 1. The summed E-state index contributed by atoms with van der Waals surface area (Å²) in [4.78, 5) is 14.2. The maximum atomic E-state index is 12.9. The zero-order chi connectivity index (χ0) is 19.4. The molecule has 2 aromatic carbocycles. The smallest absolute Gasteiger partial charge is 0.282 e. The second-order valence-corrected chi connectivity index (χ2v) is 8.13. The lowest BCUT2D eigenvalue weighted by Gasteiger charge is -2.20. The van der Waals surface area contributed by atoms with Gasteiger partial charge in [-0.3, -0.25) is 4.79 Å². The Bertz CT molecular complexity index is 880. The minimum atomic E-state index is -0.211. The monoisotopic (exact) mass is 379 g/mol. The molecule has 1 heterocycles. The van der Waals surface area contributed by atoms with Gasteiger partial charge in [-0.1, -0.05) is 54.1 Å². The van der Waals surface area contributed by atoms with Crippen LogP contribution in [0.5, 0.6) is 0 Å². The van der Waals surface area contributed by atoms with E-state index in [-0.39, 0.29) is 18.0 Å². The van der Waals surface area contributed by atoms with Crippen LogP contribution >= 0.6 is 11.3 Å². The Hall–Kier alpha value is -2.43. The lowest BCUT2D eigenvalue weighted by atomic mass is 10.0. The predicted molar refractivity (Wildman–Crippen MR) is 113 cm³/mol. The largest absolute Gasteiger partial charge is 0.326 e. The van der Waals surface area contributed by atoms with Crippen molar-refractivity contribution in [1.29, 1.82) is 0 Å². The number of aryl methyl sites for hydroxylation is 3. The van der Waals surface area contributed by atoms with E-state index in [1.807, 2.05) is 39.0 Å². The SMILES string of the molecule is Cc1cc(C)c(NC(=O)[C@H](C)[NH2+][C@H](c2ccccc2)c2cccs2)c(C)c1. The molecule has 0 fully saturated rings. The summed E-state index contributed by atoms with van der Waals surface area (Å²) in [7, 11) is 0. The van der Waals surface area contributed by atoms with E-state index in [4.69, 9.17) is 0 Å². The summed E-state index contributed by atoms with van der Waals surface area (Å²) in [6, 6.07) is 18.7. The van der Waals surface area contributed by atoms with E-state index in [1.165, 1.54) is 16.0 Å². The molecular weight excluding hydrogens is 352 g/mol. The van der Waals surface area contributed by atoms with Crippen LogP contribution < -0.4 is 10.6 Å². The van der Waals surface area contributed by atoms with Crippen molar-refractivity contribution >= 4 is 22.9 Å². The van der Waals surface area contributed by atoms with Gasteiger partial charge in [0.05, 0.1) is 4.88 Å². The van der Waals surface area contributed by atoms with Crippen molar-refractivity contribution in [2.45, 2.75) is 39.8 Å². The summed E-state index contributed by atoms with van der Waals surface area (Å²) in [6.07, 6.45) is 0. The second kappa shape index (κ2) is 8.51. The lowest BCUT2D eigenvalue weighted by molar-refractivity contribution is -0.703. The van der Waals surface area contributed by atoms with Crippen molar-refractivity contribution in [3.8, 4) is 0 Å². The Morgan fingerprint density at radius 2 is 1.67 bits per heavy atom. The molecule has 3 aromatic rings. The summed E-state index contributed by atoms with van der Waals surface area (Å²) in [5, 5.41) is 7.38. The summed E-state index contributed by atoms with van der Waals surface area (Å²) < 4.78 is 0. The second-order valence-electron chi connectivity index (χ2n) is 7.15. The summed E-state index contributed by atoms with van der Waals surface area (Å²) in [5.41, 5.74) is 5.56. The van der Waals surface area contributed by atoms with E-state index in [0.29, 0.717) is 0 Å². The molecule has 0 spiro atoms. The van der Waals surface area contributed by atoms with Gasteiger partial charge in [-0.05, 0) is 50.3 Å². The van der Waals surface area contributed by atoms with E-state index in [1.54, 1.807) is 11.3 Å². The maximum Gasteiger partial charge on any atom is 0.282 e. The minimum absolute atomic E-state index is 0.0301. The van der Waals surface area contributed by atoms with Crippen LogP contribution in [0, 0.1) is 20.8 Å². The first-order valence-corrected chi connectivity index (χ1v) is 10.2. The molecule has 140 valence electrons. The van der Waals surface area contributed by atoms with Gasteiger partial charge >= 0.3 is 0 Å². The van der Waals surface area contributed by atoms with Crippen molar-refractivity contribution < 1.29 is 10.1 Å². The number of hydrogen-bond donors (Lipinski definition) is 2. The minimum Gasteiger partial charge on any atom is -0.326 e. The van der Waals surface area contributed by atoms with Crippen LogP contribution in [0.15, 0.2) is 60.0 Å². The third kappa shape index (κ3) is 4.65. The molecule has 0 radical (unpaired) electrons. The normalized spacial score (nSPS) is 13.2. The molecule has 2 atom stereocenters. The van der Waals surface area contributed by atoms with Crippen LogP contribution in [0.1, 0.15) is 40.1 Å². The van der Waals surface area contributed by atoms with Crippen LogP contribution in [0.2, 0.25) is 0 Å². The molecule has 1 amide bonds. The van der Waals surface area contributed by atoms with Crippen molar-refractivity contribution in [3.05, 3.63) is 87.1 Å². The standard InChI is InChI=1S/C23H26N2OS/c1-15-13-16(2)21(17(3)14-15)25-23(26)18(4)24-22(20-11-8-12-27-20)19-9-6-5-7-10-19/h5-14,18,22,24H,1-4H3,(H,25,26)/p+1/t18-,22+/m0/s1. The fourth-order valence-electron chi connectivity index (χ4n) is 3.49. The number of quaternary nitrogens is 1. The molecule has 0 saturated carbocycles. The average Bonchev–Trinajstić information content (AvgIpc) is 3.17. The van der Waals surface area contributed by atoms with Crippen LogP contribution in [0.3, 0.4) is 0 Å². The molecule has 0 saturated heterocycles. The van der Waals surface area contributed by atoms with Gasteiger partial charge in [0, 0.05) is 11.3 Å². The topological polar surface area (TPSA) is 45.7 Å². The first kappa shape index (κ1) is 19.3. The number of nitrogens with two attached hydrogens (primary N) is 1. The van der Waals surface area contributed by atoms with E-state index in [0.717, 1.165) is 16.8 Å². The quantitative estimate of drug-likeness (QED) is 0.657. The first-order chi connectivity index (χ1) is 13.0. The molecule has 4 heteroatoms. The Morgan fingerprint density at radius 3 is 2.26 bits per heavy atom. The van der Waals surface area contributed by atoms with Crippen LogP contribution in [0.4, 0.5) is 5.69 Å². The number of benzene rings is 2. The highest BCUT2D eigenvalue weighted by molar-refractivity contribution is 7.10. The highest BCUT2D eigenvalue weighted by Crippen LogP contribution is 2.24. The molecule has 0 aliphatic carbocycles. The third-order valence-corrected chi connectivity index (χ3v) is 5.78. The molecule has 3 rings (SSSR count). The Morgan fingerprint density at radius 1 is 1.00 bits per heavy atom. The number of amides is 1. The average molecular weight is 380 g/mol. The van der Waals surface area contributed by atoms with Gasteiger partial charge in [-0.2, -0.15) is 0 Å². The van der Waals surface area contributed by atoms with Gasteiger partial charge in [0.25, 0.3) is 5.91 Å². The zero-order valence-corrected chi connectivity index (χ0v) is 17.1. The van der Waals surface area contributed by atoms with Gasteiger partial charge in [-0.15, -0.1) is 11.3 Å². The fourth-order valence-corrected chi connectivity index (χ4v) is 4.32. The molecule has 3 N–H and O–H groups in total. The van der Waals surface area contributed by atoms with Gasteiger partial charge in [0.2, 0.25) is 0 Å². The summed E-state index contributed by atoms with van der Waals surface area (Å²) in [6.45, 7) is 8.13. The number of carbonyl (C=O) groups is 1. The van der Waals surface area contributed by atoms with Crippen LogP contribution in [0.25, 0.3) is 0 Å². The predicted octanol–water partition coefficient (Wildman–Crippen LogP) is 4.35. The van der Waals surface area contributed by atoms with E-state index < -0.39 is 0 Å². The van der Waals surface area contributed by atoms with Gasteiger partial charge in [0.15, 0.2) is 6.04 Å². The molecule has 0 aliphatic heterocycles. The lowest BCUT2D eigenvalue weighted by Crippen LogP contribution is -2.92. The number of rotatable bonds is 6. The van der Waals surface area contributed by atoms with E-state index in [9.17, 15) is 4.79 Å². The van der Waals surface area contributed by atoms with Crippen molar-refractivity contribution in [2.75, 3.05) is 5.32 Å². The number of hydrogen-bond acceptors (Lipinski definition) is 2. The van der Waals surface area contributed by atoms with Gasteiger partial charge < -0.3 is 10.6 Å². The van der Waals surface area contributed by atoms with Crippen molar-refractivity contribution in [1.82, 2.24) is 0 Å². The molecule has 0 bridgehead atoms. The molecular formula is C23H27N2OS+. The van der Waals surface area contributed by atoms with Crippen LogP contribution in [-0.2, 0) is 4.79 Å². The molecule has 0 unspecified atom stereocenters. The van der Waals surface area contributed by atoms with Gasteiger partial charge in [-0.25, -0.2) is 0 Å². The summed E-state index contributed by atoms with van der Waals surface area (Å²) >= 11 is 1.73. The Kier molecular flexibility index (Phi) is 6.09. The Balaban J connectivity index is 1.78. The number of nitrogens with one attached hydrogen (secondary N) is 1. The van der Waals surface area contributed by atoms with Crippen LogP contribution in [-0.4, -0.2) is 11.9 Å². The van der Waals surface area contributed by atoms with Crippen molar-refractivity contribution in [2.24, 2.45) is 0 Å². The maximum absolute atomic E-state index is 12.9. The molecule has 0 aliphatic rings. The molecule has 3 nitrogen and oxygen atoms in total. The number of carbonyl (C=O) groups excluding carboxylic acids is 1. The highest BCUT2D eigenvalue weighted by Gasteiger charge is 2.26. The highest BCUT2D eigenvalue weighted by atomic mass is 32.1. The Labute approximate surface area is 165 Å². The zero-order valence-electron chi connectivity index (χ0n) is 16.3. The van der Waals surface area contributed by atoms with Crippen molar-refractivity contribution in [3.63, 3.8) is 0 Å².